The van der Waals surface area contributed by atoms with Crippen LogP contribution in [0.1, 0.15) is 37.7 Å². The summed E-state index contributed by atoms with van der Waals surface area (Å²) in [5, 5.41) is 6.33. The number of hydrogen-bond acceptors (Lipinski definition) is 4. The Labute approximate surface area is 126 Å². The van der Waals surface area contributed by atoms with Crippen molar-refractivity contribution in [1.82, 2.24) is 10.3 Å². The lowest BCUT2D eigenvalue weighted by Crippen LogP contribution is -2.52. The van der Waals surface area contributed by atoms with Crippen molar-refractivity contribution in [2.75, 3.05) is 11.1 Å². The van der Waals surface area contributed by atoms with Crippen molar-refractivity contribution in [3.63, 3.8) is 0 Å². The number of nitrogens with one attached hydrogen (secondary N) is 2. The first-order chi connectivity index (χ1) is 10.1. The average molecular weight is 307 g/mol. The highest BCUT2D eigenvalue weighted by Gasteiger charge is 2.43. The van der Waals surface area contributed by atoms with Gasteiger partial charge >= 0.3 is 6.03 Å². The van der Waals surface area contributed by atoms with E-state index in [4.69, 9.17) is 21.8 Å². The number of hydrogen-bond donors (Lipinski definition) is 3. The Balaban J connectivity index is 2.05. The van der Waals surface area contributed by atoms with E-state index in [1.54, 1.807) is 6.07 Å². The van der Waals surface area contributed by atoms with Crippen molar-refractivity contribution >= 4 is 40.4 Å². The zero-order chi connectivity index (χ0) is 14.6. The molecule has 2 amide bonds. The molecular formula is C14H15ClN4O2. The summed E-state index contributed by atoms with van der Waals surface area (Å²) in [5.74, 6) is 0. The molecule has 1 saturated carbocycles. The minimum absolute atomic E-state index is 0.109. The second kappa shape index (κ2) is 4.27. The molecule has 4 N–H and O–H groups in total. The van der Waals surface area contributed by atoms with Crippen LogP contribution in [0.3, 0.4) is 0 Å². The number of aromatic nitrogens is 1. The summed E-state index contributed by atoms with van der Waals surface area (Å²) >= 11 is 6.33. The van der Waals surface area contributed by atoms with Crippen molar-refractivity contribution in [1.29, 1.82) is 0 Å². The van der Waals surface area contributed by atoms with Gasteiger partial charge in [-0.25, -0.2) is 4.79 Å². The normalized spacial score (nSPS) is 20.1. The molecule has 1 aromatic heterocycles. The number of nitrogens with two attached hydrogens (primary N) is 1. The highest BCUT2D eigenvalue weighted by atomic mass is 35.5. The zero-order valence-corrected chi connectivity index (χ0v) is 12.1. The van der Waals surface area contributed by atoms with E-state index >= 15 is 0 Å². The van der Waals surface area contributed by atoms with Crippen LogP contribution in [0.15, 0.2) is 10.5 Å². The second-order valence-electron chi connectivity index (χ2n) is 5.73. The Morgan fingerprint density at radius 3 is 2.86 bits per heavy atom. The second-order valence-corrected chi connectivity index (χ2v) is 6.14. The number of halogens is 1. The summed E-state index contributed by atoms with van der Waals surface area (Å²) in [7, 11) is 0. The summed E-state index contributed by atoms with van der Waals surface area (Å²) in [6.07, 6.45) is 5.00. The van der Waals surface area contributed by atoms with E-state index in [2.05, 4.69) is 15.6 Å². The maximum Gasteiger partial charge on any atom is 0.319 e. The van der Waals surface area contributed by atoms with E-state index in [0.29, 0.717) is 21.8 Å². The number of benzene rings is 1. The number of nitrogen functional groups attached to an aromatic ring is 1. The van der Waals surface area contributed by atoms with Gasteiger partial charge in [-0.05, 0) is 18.9 Å². The zero-order valence-electron chi connectivity index (χ0n) is 11.3. The van der Waals surface area contributed by atoms with E-state index in [-0.39, 0.29) is 12.0 Å². The van der Waals surface area contributed by atoms with Crippen LogP contribution in [-0.4, -0.2) is 11.0 Å². The first kappa shape index (κ1) is 12.8. The summed E-state index contributed by atoms with van der Waals surface area (Å²) in [6.45, 7) is 0. The number of nitrogens with zero attached hydrogens (tertiary/aromatic N) is 1. The quantitative estimate of drug-likeness (QED) is 0.695. The largest absolute Gasteiger partial charge is 0.423 e. The van der Waals surface area contributed by atoms with Gasteiger partial charge in [0, 0.05) is 5.56 Å². The summed E-state index contributed by atoms with van der Waals surface area (Å²) < 4.78 is 5.60. The van der Waals surface area contributed by atoms with Gasteiger partial charge in [-0.3, -0.25) is 0 Å². The first-order valence-corrected chi connectivity index (χ1v) is 7.45. The Kier molecular flexibility index (Phi) is 2.60. The van der Waals surface area contributed by atoms with E-state index in [1.807, 2.05) is 0 Å². The van der Waals surface area contributed by atoms with Crippen LogP contribution in [0.5, 0.6) is 0 Å². The Bertz CT molecular complexity index is 749. The molecule has 0 unspecified atom stereocenters. The number of carbonyl (C=O) groups excluding carboxylic acids is 1. The van der Waals surface area contributed by atoms with Crippen molar-refractivity contribution in [3.8, 4) is 0 Å². The van der Waals surface area contributed by atoms with Gasteiger partial charge < -0.3 is 20.8 Å². The number of urea groups is 1. The lowest BCUT2D eigenvalue weighted by Gasteiger charge is -2.42. The number of rotatable bonds is 0. The molecule has 2 heterocycles. The third-order valence-corrected chi connectivity index (χ3v) is 4.72. The molecule has 0 saturated heterocycles. The van der Waals surface area contributed by atoms with E-state index in [1.165, 1.54) is 6.42 Å². The summed E-state index contributed by atoms with van der Waals surface area (Å²) in [4.78, 5) is 16.2. The molecule has 6 nitrogen and oxygen atoms in total. The molecular weight excluding hydrogens is 292 g/mol. The van der Waals surface area contributed by atoms with Crippen molar-refractivity contribution < 1.29 is 9.21 Å². The van der Waals surface area contributed by atoms with Crippen LogP contribution in [-0.2, 0) is 5.54 Å². The van der Waals surface area contributed by atoms with E-state index < -0.39 is 5.54 Å². The van der Waals surface area contributed by atoms with E-state index in [0.717, 1.165) is 31.2 Å². The van der Waals surface area contributed by atoms with E-state index in [9.17, 15) is 4.79 Å². The molecule has 1 spiro atoms. The minimum atomic E-state index is -0.439. The molecule has 21 heavy (non-hydrogen) atoms. The van der Waals surface area contributed by atoms with Crippen LogP contribution in [0, 0.1) is 0 Å². The molecule has 4 rings (SSSR count). The third kappa shape index (κ3) is 1.78. The standard InChI is InChI=1S/C14H15ClN4O2/c15-7-6-8-11(21-12(16)17-8)9-10(7)18-13(20)19-14(9)4-2-1-3-5-14/h6H,1-5H2,(H2,16,17)(H2,18,19,20). The van der Waals surface area contributed by atoms with Gasteiger partial charge in [0.15, 0.2) is 5.58 Å². The molecule has 0 bridgehead atoms. The predicted octanol–water partition coefficient (Wildman–Crippen LogP) is 3.36. The van der Waals surface area contributed by atoms with Gasteiger partial charge in [-0.2, -0.15) is 4.98 Å². The summed E-state index contributed by atoms with van der Waals surface area (Å²) in [6, 6.07) is 1.56. The van der Waals surface area contributed by atoms with Gasteiger partial charge in [0.2, 0.25) is 0 Å². The lowest BCUT2D eigenvalue weighted by molar-refractivity contribution is 0.209. The maximum atomic E-state index is 12.0. The van der Waals surface area contributed by atoms with Gasteiger partial charge in [-0.15, -0.1) is 0 Å². The van der Waals surface area contributed by atoms with Crippen molar-refractivity contribution in [2.45, 2.75) is 37.6 Å². The topological polar surface area (TPSA) is 93.2 Å². The number of amides is 2. The predicted molar refractivity (Wildman–Crippen MR) is 80.3 cm³/mol. The summed E-state index contributed by atoms with van der Waals surface area (Å²) in [5.41, 5.74) is 7.99. The number of oxazole rings is 1. The monoisotopic (exact) mass is 306 g/mol. The fourth-order valence-corrected chi connectivity index (χ4v) is 3.83. The fraction of sp³-hybridized carbons (Fsp3) is 0.429. The molecule has 2 aliphatic rings. The average Bonchev–Trinajstić information content (AvgIpc) is 2.79. The molecule has 0 atom stereocenters. The minimum Gasteiger partial charge on any atom is -0.423 e. The fourth-order valence-electron chi connectivity index (χ4n) is 3.58. The smallest absolute Gasteiger partial charge is 0.319 e. The molecule has 1 aliphatic carbocycles. The molecule has 1 aromatic carbocycles. The Morgan fingerprint density at radius 1 is 1.33 bits per heavy atom. The van der Waals surface area contributed by atoms with Crippen LogP contribution >= 0.6 is 11.6 Å². The molecule has 1 fully saturated rings. The highest BCUT2D eigenvalue weighted by molar-refractivity contribution is 6.35. The molecule has 110 valence electrons. The van der Waals surface area contributed by atoms with Crippen LogP contribution in [0.4, 0.5) is 16.5 Å². The Morgan fingerprint density at radius 2 is 2.10 bits per heavy atom. The SMILES string of the molecule is Nc1nc2cc(Cl)c3c(c2o1)C1(CCCCC1)NC(=O)N3. The molecule has 1 aliphatic heterocycles. The van der Waals surface area contributed by atoms with Gasteiger partial charge in [0.1, 0.15) is 5.52 Å². The van der Waals surface area contributed by atoms with Gasteiger partial charge in [0.05, 0.1) is 16.2 Å². The third-order valence-electron chi connectivity index (χ3n) is 4.43. The number of anilines is 2. The molecule has 2 aromatic rings. The van der Waals surface area contributed by atoms with Crippen LogP contribution < -0.4 is 16.4 Å². The lowest BCUT2D eigenvalue weighted by atomic mass is 9.74. The molecule has 7 heteroatoms. The van der Waals surface area contributed by atoms with Gasteiger partial charge in [-0.1, -0.05) is 30.9 Å². The number of carbonyl (C=O) groups is 1. The van der Waals surface area contributed by atoms with Crippen molar-refractivity contribution in [3.05, 3.63) is 16.7 Å². The maximum absolute atomic E-state index is 12.0. The van der Waals surface area contributed by atoms with Gasteiger partial charge in [0.25, 0.3) is 6.01 Å². The van der Waals surface area contributed by atoms with Crippen LogP contribution in [0.2, 0.25) is 5.02 Å². The first-order valence-electron chi connectivity index (χ1n) is 7.07. The Hall–Kier alpha value is -1.95. The van der Waals surface area contributed by atoms with Crippen LogP contribution in [0.25, 0.3) is 11.1 Å². The highest BCUT2D eigenvalue weighted by Crippen LogP contribution is 2.48. The molecule has 0 radical (unpaired) electrons. The van der Waals surface area contributed by atoms with Crippen molar-refractivity contribution in [2.24, 2.45) is 0 Å². The number of fused-ring (bicyclic) bond motifs is 4.